The lowest BCUT2D eigenvalue weighted by Crippen LogP contribution is -2.34. The van der Waals surface area contributed by atoms with Crippen LogP contribution in [0.15, 0.2) is 77.7 Å². The number of amides is 3. The number of halogens is 1. The van der Waals surface area contributed by atoms with Crippen LogP contribution in [0.2, 0.25) is 5.02 Å². The smallest absolute Gasteiger partial charge is 0.315 e. The molecule has 0 radical (unpaired) electrons. The molecule has 0 aliphatic carbocycles. The highest BCUT2D eigenvalue weighted by atomic mass is 35.5. The Kier molecular flexibility index (Phi) is 8.32. The molecule has 3 aromatic carbocycles. The molecule has 4 aromatic rings. The van der Waals surface area contributed by atoms with Crippen molar-refractivity contribution in [1.29, 1.82) is 0 Å². The maximum absolute atomic E-state index is 12.8. The highest BCUT2D eigenvalue weighted by molar-refractivity contribution is 7.91. The van der Waals surface area contributed by atoms with Gasteiger partial charge in [-0.25, -0.2) is 18.2 Å². The van der Waals surface area contributed by atoms with Crippen LogP contribution in [0.4, 0.5) is 9.93 Å². The van der Waals surface area contributed by atoms with Crippen molar-refractivity contribution >= 4 is 60.1 Å². The van der Waals surface area contributed by atoms with E-state index in [-0.39, 0.29) is 26.4 Å². The maximum Gasteiger partial charge on any atom is 0.327 e. The largest absolute Gasteiger partial charge is 0.327 e. The van der Waals surface area contributed by atoms with E-state index in [1.165, 1.54) is 17.7 Å². The van der Waals surface area contributed by atoms with Gasteiger partial charge in [0.2, 0.25) is 0 Å². The summed E-state index contributed by atoms with van der Waals surface area (Å²) in [5.74, 6) is -0.686. The lowest BCUT2D eigenvalue weighted by molar-refractivity contribution is 0.0967. The predicted octanol–water partition coefficient (Wildman–Crippen LogP) is 4.52. The van der Waals surface area contributed by atoms with Crippen LogP contribution in [-0.4, -0.2) is 44.2 Å². The van der Waals surface area contributed by atoms with Crippen molar-refractivity contribution in [1.82, 2.24) is 15.6 Å². The molecule has 0 saturated carbocycles. The third-order valence-corrected chi connectivity index (χ3v) is 8.24. The van der Waals surface area contributed by atoms with Gasteiger partial charge >= 0.3 is 6.03 Å². The van der Waals surface area contributed by atoms with E-state index in [1.54, 1.807) is 30.3 Å². The number of imide groups is 1. The van der Waals surface area contributed by atoms with Gasteiger partial charge in [-0.1, -0.05) is 65.4 Å². The molecule has 0 fully saturated rings. The lowest BCUT2D eigenvalue weighted by Gasteiger charge is -2.07. The number of carbonyl (C=O) groups excluding carboxylic acids is 2. The number of rotatable bonds is 9. The Morgan fingerprint density at radius 1 is 0.944 bits per heavy atom. The molecule has 0 atom stereocenters. The number of nitrogens with one attached hydrogen (secondary N) is 3. The lowest BCUT2D eigenvalue weighted by atomic mass is 10.1. The van der Waals surface area contributed by atoms with Gasteiger partial charge in [-0.05, 0) is 48.9 Å². The highest BCUT2D eigenvalue weighted by Gasteiger charge is 2.18. The fourth-order valence-corrected chi connectivity index (χ4v) is 5.84. The van der Waals surface area contributed by atoms with Crippen molar-refractivity contribution in [2.75, 3.05) is 24.2 Å². The third-order valence-electron chi connectivity index (χ3n) is 5.27. The second-order valence-electron chi connectivity index (χ2n) is 7.84. The Balaban J connectivity index is 1.33. The first-order valence-corrected chi connectivity index (χ1v) is 13.9. The summed E-state index contributed by atoms with van der Waals surface area (Å²) in [6.45, 7) is 1.02. The standard InChI is InChI=1S/C25H23ClN4O4S2/c26-20-9-5-4-8-19(20)23(31)29-24(32)30-25-28-21-11-10-18(16-22(21)35-25)36(33,34)15-14-27-13-12-17-6-2-1-3-7-17/h1-11,16,27H,12-15H2,(H2,28,29,30,31,32). The van der Waals surface area contributed by atoms with Gasteiger partial charge < -0.3 is 5.32 Å². The van der Waals surface area contributed by atoms with E-state index in [1.807, 2.05) is 30.3 Å². The number of benzene rings is 3. The topological polar surface area (TPSA) is 117 Å². The number of carbonyl (C=O) groups is 2. The summed E-state index contributed by atoms with van der Waals surface area (Å²) in [6, 6.07) is 20.2. The predicted molar refractivity (Wildman–Crippen MR) is 143 cm³/mol. The van der Waals surface area contributed by atoms with E-state index in [9.17, 15) is 18.0 Å². The Hall–Kier alpha value is -3.31. The molecule has 11 heteroatoms. The summed E-state index contributed by atoms with van der Waals surface area (Å²) >= 11 is 7.10. The monoisotopic (exact) mass is 542 g/mol. The number of anilines is 1. The van der Waals surface area contributed by atoms with Gasteiger partial charge in [0.05, 0.1) is 31.5 Å². The van der Waals surface area contributed by atoms with Crippen LogP contribution in [0, 0.1) is 0 Å². The van der Waals surface area contributed by atoms with Crippen molar-refractivity contribution in [3.63, 3.8) is 0 Å². The fourth-order valence-electron chi connectivity index (χ4n) is 3.42. The summed E-state index contributed by atoms with van der Waals surface area (Å²) in [5, 5.41) is 8.33. The zero-order chi connectivity index (χ0) is 25.5. The van der Waals surface area contributed by atoms with Crippen molar-refractivity contribution in [3.05, 3.63) is 88.9 Å². The van der Waals surface area contributed by atoms with Gasteiger partial charge in [0, 0.05) is 6.54 Å². The molecular formula is C25H23ClN4O4S2. The van der Waals surface area contributed by atoms with Crippen molar-refractivity contribution in [2.24, 2.45) is 0 Å². The quantitative estimate of drug-likeness (QED) is 0.268. The van der Waals surface area contributed by atoms with E-state index >= 15 is 0 Å². The summed E-state index contributed by atoms with van der Waals surface area (Å²) in [5.41, 5.74) is 1.89. The van der Waals surface area contributed by atoms with Crippen molar-refractivity contribution in [3.8, 4) is 0 Å². The molecule has 36 heavy (non-hydrogen) atoms. The summed E-state index contributed by atoms with van der Waals surface area (Å²) in [4.78, 5) is 29.0. The molecule has 0 saturated heterocycles. The number of fused-ring (bicyclic) bond motifs is 1. The Labute approximate surface area is 217 Å². The van der Waals surface area contributed by atoms with Crippen LogP contribution < -0.4 is 16.0 Å². The first kappa shape index (κ1) is 25.8. The molecule has 186 valence electrons. The van der Waals surface area contributed by atoms with E-state index in [4.69, 9.17) is 11.6 Å². The zero-order valence-electron chi connectivity index (χ0n) is 19.0. The van der Waals surface area contributed by atoms with E-state index in [2.05, 4.69) is 20.9 Å². The number of hydrogen-bond donors (Lipinski definition) is 3. The van der Waals surface area contributed by atoms with Gasteiger partial charge in [-0.3, -0.25) is 15.4 Å². The summed E-state index contributed by atoms with van der Waals surface area (Å²) < 4.78 is 26.2. The number of hydrogen-bond acceptors (Lipinski definition) is 7. The van der Waals surface area contributed by atoms with Crippen LogP contribution >= 0.6 is 22.9 Å². The van der Waals surface area contributed by atoms with E-state index in [0.29, 0.717) is 23.3 Å². The minimum absolute atomic E-state index is 0.0379. The molecule has 8 nitrogen and oxygen atoms in total. The molecule has 0 unspecified atom stereocenters. The van der Waals surface area contributed by atoms with E-state index in [0.717, 1.165) is 17.8 Å². The van der Waals surface area contributed by atoms with Gasteiger partial charge in [0.25, 0.3) is 5.91 Å². The van der Waals surface area contributed by atoms with Crippen LogP contribution in [0.5, 0.6) is 0 Å². The van der Waals surface area contributed by atoms with Crippen LogP contribution in [0.1, 0.15) is 15.9 Å². The van der Waals surface area contributed by atoms with Crippen LogP contribution in [-0.2, 0) is 16.3 Å². The highest BCUT2D eigenvalue weighted by Crippen LogP contribution is 2.28. The fraction of sp³-hybridized carbons (Fsp3) is 0.160. The number of aromatic nitrogens is 1. The second kappa shape index (κ2) is 11.6. The molecule has 1 aromatic heterocycles. The van der Waals surface area contributed by atoms with Crippen molar-refractivity contribution < 1.29 is 18.0 Å². The Morgan fingerprint density at radius 2 is 1.69 bits per heavy atom. The number of nitrogens with zero attached hydrogens (tertiary/aromatic N) is 1. The number of urea groups is 1. The molecule has 1 heterocycles. The minimum Gasteiger partial charge on any atom is -0.315 e. The summed E-state index contributed by atoms with van der Waals surface area (Å²) in [7, 11) is -3.50. The van der Waals surface area contributed by atoms with Crippen LogP contribution in [0.3, 0.4) is 0 Å². The maximum atomic E-state index is 12.8. The average Bonchev–Trinajstić information content (AvgIpc) is 3.26. The molecule has 0 aliphatic heterocycles. The number of sulfone groups is 1. The molecule has 0 spiro atoms. The number of thiazole rings is 1. The summed E-state index contributed by atoms with van der Waals surface area (Å²) in [6.07, 6.45) is 0.820. The van der Waals surface area contributed by atoms with Crippen LogP contribution in [0.25, 0.3) is 10.2 Å². The molecule has 3 N–H and O–H groups in total. The average molecular weight is 543 g/mol. The van der Waals surface area contributed by atoms with Crippen molar-refractivity contribution in [2.45, 2.75) is 11.3 Å². The van der Waals surface area contributed by atoms with Gasteiger partial charge in [-0.2, -0.15) is 0 Å². The van der Waals surface area contributed by atoms with Gasteiger partial charge in [0.15, 0.2) is 15.0 Å². The second-order valence-corrected chi connectivity index (χ2v) is 11.4. The SMILES string of the molecule is O=C(NC(=O)c1ccccc1Cl)Nc1nc2ccc(S(=O)(=O)CCNCCc3ccccc3)cc2s1. The minimum atomic E-state index is -3.50. The van der Waals surface area contributed by atoms with Gasteiger partial charge in [-0.15, -0.1) is 0 Å². The van der Waals surface area contributed by atoms with Gasteiger partial charge in [0.1, 0.15) is 0 Å². The molecule has 4 rings (SSSR count). The molecular weight excluding hydrogens is 520 g/mol. The third kappa shape index (κ3) is 6.67. The molecule has 0 aliphatic rings. The first-order valence-electron chi connectivity index (χ1n) is 11.1. The Bertz CT molecular complexity index is 1490. The Morgan fingerprint density at radius 3 is 2.47 bits per heavy atom. The first-order chi connectivity index (χ1) is 17.3. The molecule has 3 amide bonds. The van der Waals surface area contributed by atoms with E-state index < -0.39 is 21.8 Å². The normalized spacial score (nSPS) is 11.4. The molecule has 0 bridgehead atoms. The zero-order valence-corrected chi connectivity index (χ0v) is 21.4.